The highest BCUT2D eigenvalue weighted by molar-refractivity contribution is 7.84. The van der Waals surface area contributed by atoms with Gasteiger partial charge in [-0.15, -0.1) is 12.6 Å². The van der Waals surface area contributed by atoms with Gasteiger partial charge >= 0.3 is 0 Å². The van der Waals surface area contributed by atoms with Gasteiger partial charge in [-0.3, -0.25) is 0 Å². The van der Waals surface area contributed by atoms with Crippen molar-refractivity contribution in [3.05, 3.63) is 11.1 Å². The number of hydrogen-bond acceptors (Lipinski definition) is 2. The number of rotatable bonds is 6. The first-order valence-corrected chi connectivity index (χ1v) is 5.35. The molecule has 0 aliphatic heterocycles. The van der Waals surface area contributed by atoms with Crippen LogP contribution in [0.2, 0.25) is 0 Å². The van der Waals surface area contributed by atoms with E-state index in [1.165, 1.54) is 12.8 Å². The summed E-state index contributed by atoms with van der Waals surface area (Å²) in [5.41, 5.74) is 0. The molecule has 0 bridgehead atoms. The van der Waals surface area contributed by atoms with Crippen molar-refractivity contribution in [3.8, 4) is 0 Å². The maximum Gasteiger partial charge on any atom is 0.0635 e. The Morgan fingerprint density at radius 3 is 2.25 bits per heavy atom. The second-order valence-electron chi connectivity index (χ2n) is 2.88. The van der Waals surface area contributed by atoms with Crippen LogP contribution < -0.4 is 0 Å². The van der Waals surface area contributed by atoms with Gasteiger partial charge in [0, 0.05) is 13.1 Å². The van der Waals surface area contributed by atoms with Gasteiger partial charge in [0.2, 0.25) is 0 Å². The Bertz CT molecular complexity index is 128. The summed E-state index contributed by atoms with van der Waals surface area (Å²) in [5.74, 6) is 0. The maximum absolute atomic E-state index is 4.45. The molecule has 0 heterocycles. The summed E-state index contributed by atoms with van der Waals surface area (Å²) in [6, 6.07) is 0. The van der Waals surface area contributed by atoms with Gasteiger partial charge in [-0.25, -0.2) is 0 Å². The van der Waals surface area contributed by atoms with Crippen LogP contribution in [0.5, 0.6) is 0 Å². The quantitative estimate of drug-likeness (QED) is 0.493. The molecule has 12 heavy (non-hydrogen) atoms. The van der Waals surface area contributed by atoms with E-state index < -0.39 is 0 Å². The number of allylic oxidation sites excluding steroid dienone is 1. The van der Waals surface area contributed by atoms with Crippen LogP contribution in [0, 0.1) is 0 Å². The fourth-order valence-corrected chi connectivity index (χ4v) is 1.52. The van der Waals surface area contributed by atoms with Crippen molar-refractivity contribution in [3.63, 3.8) is 0 Å². The molecular weight excluding hydrogens is 166 g/mol. The second-order valence-corrected chi connectivity index (χ2v) is 3.34. The van der Waals surface area contributed by atoms with Crippen LogP contribution in [-0.4, -0.2) is 18.0 Å². The predicted molar refractivity (Wildman–Crippen MR) is 59.5 cm³/mol. The van der Waals surface area contributed by atoms with E-state index in [1.807, 2.05) is 0 Å². The summed E-state index contributed by atoms with van der Waals surface area (Å²) in [7, 11) is 0. The monoisotopic (exact) mass is 187 g/mol. The van der Waals surface area contributed by atoms with E-state index in [1.54, 1.807) is 0 Å². The van der Waals surface area contributed by atoms with Gasteiger partial charge in [0.1, 0.15) is 0 Å². The van der Waals surface area contributed by atoms with Gasteiger partial charge in [-0.2, -0.15) is 0 Å². The molecule has 0 unspecified atom stereocenters. The molecule has 0 N–H and O–H groups in total. The highest BCUT2D eigenvalue weighted by Crippen LogP contribution is 2.10. The highest BCUT2D eigenvalue weighted by Gasteiger charge is 1.98. The lowest BCUT2D eigenvalue weighted by Crippen LogP contribution is -2.19. The van der Waals surface area contributed by atoms with Gasteiger partial charge < -0.3 is 4.90 Å². The summed E-state index contributed by atoms with van der Waals surface area (Å²) in [6.07, 6.45) is 5.91. The van der Waals surface area contributed by atoms with Crippen molar-refractivity contribution in [2.75, 3.05) is 13.1 Å². The molecule has 0 radical (unpaired) electrons. The average molecular weight is 187 g/mol. The van der Waals surface area contributed by atoms with E-state index in [0.29, 0.717) is 0 Å². The second kappa shape index (κ2) is 7.53. The number of hydrogen-bond donors (Lipinski definition) is 1. The molecule has 0 saturated carbocycles. The maximum atomic E-state index is 4.45. The summed E-state index contributed by atoms with van der Waals surface area (Å²) in [5, 5.41) is 1.13. The first-order valence-electron chi connectivity index (χ1n) is 4.90. The van der Waals surface area contributed by atoms with Gasteiger partial charge in [0.25, 0.3) is 0 Å². The minimum Gasteiger partial charge on any atom is -0.367 e. The van der Waals surface area contributed by atoms with Gasteiger partial charge in [-0.1, -0.05) is 19.4 Å². The Morgan fingerprint density at radius 2 is 1.83 bits per heavy atom. The smallest absolute Gasteiger partial charge is 0.0635 e. The third-order valence-electron chi connectivity index (χ3n) is 1.97. The summed E-state index contributed by atoms with van der Waals surface area (Å²) >= 11 is 4.45. The Kier molecular flexibility index (Phi) is 7.47. The SMILES string of the molecule is CCCC/C=C(/S)N(CC)CC. The molecule has 0 aromatic carbocycles. The van der Waals surface area contributed by atoms with Crippen molar-refractivity contribution in [1.82, 2.24) is 4.90 Å². The zero-order chi connectivity index (χ0) is 9.40. The average Bonchev–Trinajstić information content (AvgIpc) is 2.07. The van der Waals surface area contributed by atoms with Crippen LogP contribution in [0.3, 0.4) is 0 Å². The standard InChI is InChI=1S/C10H21NS/c1-4-7-8-9-10(12)11(5-2)6-3/h9,12H,4-8H2,1-3H3/b10-9+. The van der Waals surface area contributed by atoms with Crippen LogP contribution in [-0.2, 0) is 0 Å². The number of unbranched alkanes of at least 4 members (excludes halogenated alkanes) is 2. The molecule has 0 amide bonds. The fraction of sp³-hybridized carbons (Fsp3) is 0.800. The van der Waals surface area contributed by atoms with E-state index in [4.69, 9.17) is 0 Å². The van der Waals surface area contributed by atoms with Crippen LogP contribution >= 0.6 is 12.6 Å². The van der Waals surface area contributed by atoms with Crippen molar-refractivity contribution < 1.29 is 0 Å². The van der Waals surface area contributed by atoms with E-state index >= 15 is 0 Å². The Balaban J connectivity index is 3.79. The van der Waals surface area contributed by atoms with E-state index in [9.17, 15) is 0 Å². The molecule has 72 valence electrons. The molecule has 0 aromatic rings. The van der Waals surface area contributed by atoms with E-state index in [0.717, 1.165) is 24.5 Å². The first kappa shape index (κ1) is 11.9. The molecular formula is C10H21NS. The normalized spacial score (nSPS) is 11.8. The lowest BCUT2D eigenvalue weighted by molar-refractivity contribution is 0.408. The third-order valence-corrected chi connectivity index (χ3v) is 2.44. The molecule has 0 aromatic heterocycles. The lowest BCUT2D eigenvalue weighted by atomic mass is 10.2. The fourth-order valence-electron chi connectivity index (χ4n) is 1.11. The Labute approximate surface area is 82.2 Å². The van der Waals surface area contributed by atoms with Gasteiger partial charge in [0.15, 0.2) is 0 Å². The molecule has 0 spiro atoms. The van der Waals surface area contributed by atoms with Crippen molar-refractivity contribution in [2.45, 2.75) is 40.0 Å². The van der Waals surface area contributed by atoms with Crippen molar-refractivity contribution >= 4 is 12.6 Å². The number of thiol groups is 1. The van der Waals surface area contributed by atoms with Gasteiger partial charge in [-0.05, 0) is 26.7 Å². The van der Waals surface area contributed by atoms with Gasteiger partial charge in [0.05, 0.1) is 5.03 Å². The molecule has 1 nitrogen and oxygen atoms in total. The van der Waals surface area contributed by atoms with Crippen LogP contribution in [0.15, 0.2) is 11.1 Å². The Morgan fingerprint density at radius 1 is 1.25 bits per heavy atom. The molecule has 0 aliphatic rings. The van der Waals surface area contributed by atoms with Crippen LogP contribution in [0.4, 0.5) is 0 Å². The minimum atomic E-state index is 1.05. The zero-order valence-corrected chi connectivity index (χ0v) is 9.40. The molecule has 0 atom stereocenters. The molecule has 0 saturated heterocycles. The molecule has 2 heteroatoms. The predicted octanol–water partition coefficient (Wildman–Crippen LogP) is 3.29. The Hall–Kier alpha value is -0.110. The minimum absolute atomic E-state index is 1.05. The molecule has 0 rings (SSSR count). The lowest BCUT2D eigenvalue weighted by Gasteiger charge is -2.20. The largest absolute Gasteiger partial charge is 0.367 e. The van der Waals surface area contributed by atoms with Crippen molar-refractivity contribution in [1.29, 1.82) is 0 Å². The topological polar surface area (TPSA) is 3.24 Å². The number of nitrogens with zero attached hydrogens (tertiary/aromatic N) is 1. The third kappa shape index (κ3) is 4.70. The molecule has 0 fully saturated rings. The summed E-state index contributed by atoms with van der Waals surface area (Å²) in [4.78, 5) is 2.26. The first-order chi connectivity index (χ1) is 5.76. The van der Waals surface area contributed by atoms with Crippen molar-refractivity contribution in [2.24, 2.45) is 0 Å². The van der Waals surface area contributed by atoms with Crippen LogP contribution in [0.1, 0.15) is 40.0 Å². The van der Waals surface area contributed by atoms with E-state index in [-0.39, 0.29) is 0 Å². The van der Waals surface area contributed by atoms with E-state index in [2.05, 4.69) is 44.4 Å². The summed E-state index contributed by atoms with van der Waals surface area (Å²) in [6.45, 7) is 8.64. The summed E-state index contributed by atoms with van der Waals surface area (Å²) < 4.78 is 0. The van der Waals surface area contributed by atoms with Crippen LogP contribution in [0.25, 0.3) is 0 Å². The highest BCUT2D eigenvalue weighted by atomic mass is 32.1. The molecule has 0 aliphatic carbocycles. The zero-order valence-electron chi connectivity index (χ0n) is 8.51.